The van der Waals surface area contributed by atoms with Gasteiger partial charge < -0.3 is 48.5 Å². The highest BCUT2D eigenvalue weighted by atomic mass is 16.8. The van der Waals surface area contributed by atoms with Gasteiger partial charge in [0.25, 0.3) is 5.69 Å². The number of nitro benzene ring substituents is 1. The van der Waals surface area contributed by atoms with Crippen molar-refractivity contribution in [1.29, 1.82) is 0 Å². The standard InChI is InChI=1S/C31H43NO7.C20H23NO4.C18H27NO5/c1-2-3-4-5-6-7-8-17-36-29(34)38-20-37-24-12-11-22-18-25-31(35)14-13-23(33)28-30(31,26(22)27(24)39-28)15-16-32(25)19-21-9-10-21;22-13-4-3-12-9-15-20(24)6-5-14(23)18-19(20,16(12)17(13)25-18)7-8-21(15)10-11-1-2-11;1-2-3-4-5-6-7-8-9-10-15-23-18(20)24-17-13-11-16(12-14-17)19(21)22/h11-12,21,25,28,35H,2-10,13-20H2,1H3;3-4,11,15,18,22,24H,1-2,5-10H2;11-14H,2-10,15H2,1H3/t25?,28-,30-,31+;15?,18-,19-,20+;/m00./s1. The van der Waals surface area contributed by atoms with Crippen molar-refractivity contribution in [3.8, 4) is 28.7 Å². The van der Waals surface area contributed by atoms with E-state index in [4.69, 9.17) is 33.2 Å². The predicted molar refractivity (Wildman–Crippen MR) is 326 cm³/mol. The van der Waals surface area contributed by atoms with Crippen molar-refractivity contribution in [3.63, 3.8) is 0 Å². The van der Waals surface area contributed by atoms with Gasteiger partial charge >= 0.3 is 12.3 Å². The molecular formula is C69H93N3O16. The minimum Gasteiger partial charge on any atom is -0.504 e. The molecule has 88 heavy (non-hydrogen) atoms. The third-order valence-corrected chi connectivity index (χ3v) is 21.2. The quantitative estimate of drug-likeness (QED) is 0.0160. The Hall–Kier alpha value is -6.02. The molecule has 3 aromatic rings. The maximum Gasteiger partial charge on any atom is 0.513 e. The van der Waals surface area contributed by atoms with Crippen LogP contribution < -0.4 is 18.9 Å². The molecule has 2 unspecified atom stereocenters. The Morgan fingerprint density at radius 3 is 1.57 bits per heavy atom. The van der Waals surface area contributed by atoms with Crippen molar-refractivity contribution < 1.29 is 72.6 Å². The van der Waals surface area contributed by atoms with E-state index in [1.807, 2.05) is 18.2 Å². The van der Waals surface area contributed by atoms with Gasteiger partial charge in [-0.05, 0) is 137 Å². The molecule has 2 spiro atoms. The van der Waals surface area contributed by atoms with Gasteiger partial charge in [-0.25, -0.2) is 9.59 Å². The second kappa shape index (κ2) is 27.6. The van der Waals surface area contributed by atoms with Gasteiger partial charge in [-0.15, -0.1) is 0 Å². The highest BCUT2D eigenvalue weighted by Crippen LogP contribution is 2.67. The fourth-order valence-electron chi connectivity index (χ4n) is 16.4. The number of carbonyl (C=O) groups excluding carboxylic acids is 4. The summed E-state index contributed by atoms with van der Waals surface area (Å²) in [7, 11) is 0. The molecule has 6 fully saturated rings. The summed E-state index contributed by atoms with van der Waals surface area (Å²) < 4.78 is 38.6. The maximum atomic E-state index is 13.2. The average Bonchev–Trinajstić information content (AvgIpc) is 1.71. The van der Waals surface area contributed by atoms with Crippen LogP contribution in [0.2, 0.25) is 0 Å². The molecule has 4 bridgehead atoms. The largest absolute Gasteiger partial charge is 0.513 e. The number of hydrogen-bond acceptors (Lipinski definition) is 18. The molecule has 0 amide bonds. The predicted octanol–water partition coefficient (Wildman–Crippen LogP) is 12.2. The lowest BCUT2D eigenvalue weighted by Crippen LogP contribution is -2.76. The monoisotopic (exact) mass is 1220 g/mol. The Kier molecular flexibility index (Phi) is 19.9. The van der Waals surface area contributed by atoms with Gasteiger partial charge in [-0.1, -0.05) is 116 Å². The number of ketones is 2. The van der Waals surface area contributed by atoms with Crippen molar-refractivity contribution in [2.75, 3.05) is 46.2 Å². The lowest BCUT2D eigenvalue weighted by atomic mass is 9.49. The van der Waals surface area contributed by atoms with Crippen LogP contribution in [0.25, 0.3) is 0 Å². The van der Waals surface area contributed by atoms with Crippen LogP contribution in [0.5, 0.6) is 28.7 Å². The normalized spacial score (nSPS) is 28.1. The molecule has 4 saturated carbocycles. The minimum absolute atomic E-state index is 0.00860. The molecule has 10 aliphatic rings. The number of aliphatic hydroxyl groups is 2. The number of benzene rings is 3. The van der Waals surface area contributed by atoms with Crippen LogP contribution in [0.4, 0.5) is 15.3 Å². The first-order chi connectivity index (χ1) is 42.6. The van der Waals surface area contributed by atoms with Crippen LogP contribution in [-0.4, -0.2) is 136 Å². The second-order valence-electron chi connectivity index (χ2n) is 26.8. The molecule has 0 radical (unpaired) electrons. The van der Waals surface area contributed by atoms with Crippen LogP contribution in [-0.2, 0) is 47.5 Å². The van der Waals surface area contributed by atoms with Crippen molar-refractivity contribution in [1.82, 2.24) is 9.80 Å². The molecule has 0 aromatic heterocycles. The Morgan fingerprint density at radius 2 is 1.07 bits per heavy atom. The summed E-state index contributed by atoms with van der Waals surface area (Å²) in [6.07, 6.45) is 25.6. The topological polar surface area (TPSA) is 243 Å². The van der Waals surface area contributed by atoms with Gasteiger partial charge in [0.1, 0.15) is 5.75 Å². The van der Waals surface area contributed by atoms with Crippen LogP contribution >= 0.6 is 0 Å². The maximum absolute atomic E-state index is 13.2. The van der Waals surface area contributed by atoms with Crippen LogP contribution in [0.3, 0.4) is 0 Å². The second-order valence-corrected chi connectivity index (χ2v) is 26.8. The number of carbonyl (C=O) groups is 4. The molecule has 6 aliphatic carbocycles. The lowest BCUT2D eigenvalue weighted by Gasteiger charge is -2.62. The van der Waals surface area contributed by atoms with E-state index in [1.165, 1.54) is 114 Å². The number of piperidine rings is 2. The zero-order chi connectivity index (χ0) is 61.6. The number of phenolic OH excluding ortho intramolecular Hbond substituents is 1. The van der Waals surface area contributed by atoms with E-state index >= 15 is 0 Å². The number of nitrogens with zero attached hydrogens (tertiary/aromatic N) is 3. The Morgan fingerprint density at radius 1 is 0.602 bits per heavy atom. The van der Waals surface area contributed by atoms with Crippen molar-refractivity contribution >= 4 is 29.6 Å². The molecular weight excluding hydrogens is 1130 g/mol. The van der Waals surface area contributed by atoms with Gasteiger partial charge in [-0.3, -0.25) is 29.5 Å². The number of hydrogen-bond donors (Lipinski definition) is 3. The molecule has 8 atom stereocenters. The number of non-ortho nitro benzene ring substituents is 1. The van der Waals surface area contributed by atoms with Gasteiger partial charge in [0, 0.05) is 61.3 Å². The summed E-state index contributed by atoms with van der Waals surface area (Å²) in [5.74, 6) is 3.37. The first kappa shape index (κ1) is 63.5. The summed E-state index contributed by atoms with van der Waals surface area (Å²) in [5.41, 5.74) is 0.710. The van der Waals surface area contributed by atoms with Gasteiger partial charge in [-0.2, -0.15) is 0 Å². The Labute approximate surface area is 517 Å². The Balaban J connectivity index is 0.000000143. The smallest absolute Gasteiger partial charge is 0.504 e. The molecule has 480 valence electrons. The molecule has 19 nitrogen and oxygen atoms in total. The highest BCUT2D eigenvalue weighted by Gasteiger charge is 2.75. The summed E-state index contributed by atoms with van der Waals surface area (Å²) in [6, 6.07) is 12.9. The molecule has 3 aromatic carbocycles. The summed E-state index contributed by atoms with van der Waals surface area (Å²) in [6.45, 7) is 8.62. The van der Waals surface area contributed by atoms with E-state index in [-0.39, 0.29) is 47.6 Å². The van der Waals surface area contributed by atoms with Crippen molar-refractivity contribution in [2.45, 2.75) is 240 Å². The number of ether oxygens (including phenoxy) is 7. The molecule has 3 N–H and O–H groups in total. The van der Waals surface area contributed by atoms with Gasteiger partial charge in [0.15, 0.2) is 46.8 Å². The first-order valence-corrected chi connectivity index (χ1v) is 33.5. The van der Waals surface area contributed by atoms with Crippen LogP contribution in [0, 0.1) is 22.0 Å². The van der Waals surface area contributed by atoms with E-state index in [0.717, 1.165) is 118 Å². The summed E-state index contributed by atoms with van der Waals surface area (Å²) in [5, 5.41) is 45.2. The van der Waals surface area contributed by atoms with Crippen molar-refractivity contribution in [2.24, 2.45) is 11.8 Å². The first-order valence-electron chi connectivity index (χ1n) is 33.5. The summed E-state index contributed by atoms with van der Waals surface area (Å²) in [4.78, 5) is 64.4. The third kappa shape index (κ3) is 12.7. The Bertz CT molecular complexity index is 2990. The van der Waals surface area contributed by atoms with Crippen LogP contribution in [0.1, 0.15) is 203 Å². The zero-order valence-corrected chi connectivity index (χ0v) is 51.8. The number of Topliss-reactive ketones (excluding diaryl/α,β-unsaturated/α-hetero) is 2. The van der Waals surface area contributed by atoms with E-state index < -0.39 is 51.5 Å². The summed E-state index contributed by atoms with van der Waals surface area (Å²) >= 11 is 0. The number of likely N-dealkylation sites (tertiary alicyclic amines) is 2. The number of nitro groups is 1. The van der Waals surface area contributed by atoms with E-state index in [9.17, 15) is 44.6 Å². The molecule has 13 rings (SSSR count). The van der Waals surface area contributed by atoms with Crippen molar-refractivity contribution in [3.05, 3.63) is 80.9 Å². The average molecular weight is 1220 g/mol. The van der Waals surface area contributed by atoms with E-state index in [2.05, 4.69) is 23.6 Å². The van der Waals surface area contributed by atoms with E-state index in [0.29, 0.717) is 62.6 Å². The third-order valence-electron chi connectivity index (χ3n) is 21.2. The minimum atomic E-state index is -1.01. The molecule has 4 aliphatic heterocycles. The number of phenols is 1. The number of unbranched alkanes of at least 4 members (excludes halogenated alkanes) is 14. The number of aromatic hydroxyl groups is 1. The fourth-order valence-corrected chi connectivity index (χ4v) is 16.4. The number of rotatable bonds is 27. The molecule has 2 saturated heterocycles. The van der Waals surface area contributed by atoms with Crippen LogP contribution in [0.15, 0.2) is 48.5 Å². The lowest BCUT2D eigenvalue weighted by molar-refractivity contribution is -0.384. The van der Waals surface area contributed by atoms with Gasteiger partial charge in [0.05, 0.1) is 40.2 Å². The highest BCUT2D eigenvalue weighted by molar-refractivity contribution is 5.91. The zero-order valence-electron chi connectivity index (χ0n) is 51.8. The molecule has 19 heteroatoms. The van der Waals surface area contributed by atoms with E-state index in [1.54, 1.807) is 6.07 Å². The molecule has 4 heterocycles. The SMILES string of the molecule is CCCCCCCCCCCOC(=O)Oc1ccc([N+](=O)[O-])cc1.CCCCCCCCCOC(=O)OCOc1ccc2c3c1O[C@H]1C(=O)CC[C@@]4(O)C(C2)N(CC2CC2)CC[C@]314.O=C1CC[C@@]2(O)C3Cc4ccc(O)c5c4[C@@]2(CCN3CC2CC2)[C@H]1O5. The fraction of sp³-hybridized carbons (Fsp3) is 0.681. The van der Waals surface area contributed by atoms with Gasteiger partial charge in [0.2, 0.25) is 6.79 Å².